The third kappa shape index (κ3) is 2.51. The lowest BCUT2D eigenvalue weighted by atomic mass is 10.0. The van der Waals surface area contributed by atoms with Gasteiger partial charge in [-0.25, -0.2) is 0 Å². The Labute approximate surface area is 120 Å². The van der Waals surface area contributed by atoms with Crippen LogP contribution in [0.1, 0.15) is 41.0 Å². The topological polar surface area (TPSA) is 72.0 Å². The van der Waals surface area contributed by atoms with Crippen LogP contribution in [0.3, 0.4) is 0 Å². The van der Waals surface area contributed by atoms with E-state index >= 15 is 0 Å². The van der Waals surface area contributed by atoms with Gasteiger partial charge in [-0.3, -0.25) is 0 Å². The Bertz CT molecular complexity index is 472. The molecule has 1 fully saturated rings. The molecule has 0 radical (unpaired) electrons. The van der Waals surface area contributed by atoms with Crippen LogP contribution >= 0.6 is 0 Å². The van der Waals surface area contributed by atoms with Crippen molar-refractivity contribution in [3.63, 3.8) is 0 Å². The molecule has 1 aromatic rings. The molecule has 0 aromatic carbocycles. The van der Waals surface area contributed by atoms with Crippen molar-refractivity contribution in [2.75, 3.05) is 24.3 Å². The molecule has 1 aliphatic rings. The SMILES string of the molecule is CCCNc1nc(NC2C(C)(C)C2(C)C)nc(OC)n1. The standard InChI is InChI=1S/C14H25N5O/c1-7-8-15-10-17-11(19-12(18-10)20-6)16-9-13(2,3)14(9,4)5/h9H,7-8H2,1-6H3,(H2,15,16,17,18,19). The van der Waals surface area contributed by atoms with E-state index in [1.807, 2.05) is 0 Å². The van der Waals surface area contributed by atoms with Crippen molar-refractivity contribution in [3.8, 4) is 6.01 Å². The van der Waals surface area contributed by atoms with Crippen LogP contribution < -0.4 is 15.4 Å². The zero-order chi connectivity index (χ0) is 15.0. The molecular formula is C14H25N5O. The third-order valence-corrected chi connectivity index (χ3v) is 4.62. The molecule has 112 valence electrons. The van der Waals surface area contributed by atoms with Gasteiger partial charge in [-0.05, 0) is 17.3 Å². The van der Waals surface area contributed by atoms with E-state index in [-0.39, 0.29) is 10.8 Å². The monoisotopic (exact) mass is 279 g/mol. The van der Waals surface area contributed by atoms with Gasteiger partial charge in [-0.15, -0.1) is 0 Å². The lowest BCUT2D eigenvalue weighted by Gasteiger charge is -2.10. The summed E-state index contributed by atoms with van der Waals surface area (Å²) in [6, 6.07) is 0.679. The molecule has 0 saturated heterocycles. The highest BCUT2D eigenvalue weighted by atomic mass is 16.5. The van der Waals surface area contributed by atoms with Gasteiger partial charge in [0.1, 0.15) is 0 Å². The van der Waals surface area contributed by atoms with Crippen molar-refractivity contribution in [2.45, 2.75) is 47.1 Å². The molecule has 2 N–H and O–H groups in total. The Morgan fingerprint density at radius 1 is 1.05 bits per heavy atom. The number of hydrogen-bond donors (Lipinski definition) is 2. The Morgan fingerprint density at radius 3 is 2.15 bits per heavy atom. The van der Waals surface area contributed by atoms with Gasteiger partial charge in [0.25, 0.3) is 0 Å². The van der Waals surface area contributed by atoms with Crippen molar-refractivity contribution in [1.82, 2.24) is 15.0 Å². The van der Waals surface area contributed by atoms with E-state index in [2.05, 4.69) is 60.2 Å². The van der Waals surface area contributed by atoms with E-state index in [4.69, 9.17) is 4.74 Å². The molecule has 0 aliphatic heterocycles. The normalized spacial score (nSPS) is 19.5. The quantitative estimate of drug-likeness (QED) is 0.834. The zero-order valence-electron chi connectivity index (χ0n) is 13.2. The van der Waals surface area contributed by atoms with Crippen LogP contribution in [0.2, 0.25) is 0 Å². The first-order chi connectivity index (χ1) is 9.32. The molecule has 6 heteroatoms. The van der Waals surface area contributed by atoms with Crippen molar-refractivity contribution in [3.05, 3.63) is 0 Å². The second-order valence-electron chi connectivity index (χ2n) is 6.42. The fraction of sp³-hybridized carbons (Fsp3) is 0.786. The van der Waals surface area contributed by atoms with Gasteiger partial charge in [-0.1, -0.05) is 34.6 Å². The van der Waals surface area contributed by atoms with Gasteiger partial charge in [0.05, 0.1) is 7.11 Å². The molecule has 1 saturated carbocycles. The minimum absolute atomic E-state index is 0.226. The van der Waals surface area contributed by atoms with E-state index < -0.39 is 0 Å². The molecule has 0 atom stereocenters. The van der Waals surface area contributed by atoms with Gasteiger partial charge >= 0.3 is 6.01 Å². The highest BCUT2D eigenvalue weighted by Gasteiger charge is 2.65. The van der Waals surface area contributed by atoms with Crippen LogP contribution in [0.15, 0.2) is 0 Å². The van der Waals surface area contributed by atoms with Crippen LogP contribution in [0, 0.1) is 10.8 Å². The molecule has 20 heavy (non-hydrogen) atoms. The second kappa shape index (κ2) is 5.07. The maximum absolute atomic E-state index is 5.14. The van der Waals surface area contributed by atoms with Crippen molar-refractivity contribution < 1.29 is 4.74 Å². The van der Waals surface area contributed by atoms with Crippen LogP contribution in [0.25, 0.3) is 0 Å². The Hall–Kier alpha value is -1.59. The number of nitrogens with zero attached hydrogens (tertiary/aromatic N) is 3. The van der Waals surface area contributed by atoms with Crippen LogP contribution in [0.5, 0.6) is 6.01 Å². The number of nitrogens with one attached hydrogen (secondary N) is 2. The van der Waals surface area contributed by atoms with Gasteiger partial charge in [0.15, 0.2) is 0 Å². The minimum atomic E-state index is 0.226. The van der Waals surface area contributed by atoms with E-state index in [9.17, 15) is 0 Å². The molecule has 1 heterocycles. The summed E-state index contributed by atoms with van der Waals surface area (Å²) in [7, 11) is 1.56. The first-order valence-electron chi connectivity index (χ1n) is 7.13. The second-order valence-corrected chi connectivity index (χ2v) is 6.42. The van der Waals surface area contributed by atoms with E-state index in [0.717, 1.165) is 13.0 Å². The number of aromatic nitrogens is 3. The summed E-state index contributed by atoms with van der Waals surface area (Å²) in [5, 5.41) is 6.57. The van der Waals surface area contributed by atoms with Gasteiger partial charge in [-0.2, -0.15) is 15.0 Å². The zero-order valence-corrected chi connectivity index (χ0v) is 13.2. The summed E-state index contributed by atoms with van der Waals surface area (Å²) >= 11 is 0. The summed E-state index contributed by atoms with van der Waals surface area (Å²) in [6.45, 7) is 11.9. The molecular weight excluding hydrogens is 254 g/mol. The Kier molecular flexibility index (Phi) is 3.75. The number of ether oxygens (including phenoxy) is 1. The number of hydrogen-bond acceptors (Lipinski definition) is 6. The lowest BCUT2D eigenvalue weighted by molar-refractivity contribution is 0.379. The largest absolute Gasteiger partial charge is 0.467 e. The van der Waals surface area contributed by atoms with Crippen molar-refractivity contribution in [1.29, 1.82) is 0 Å². The van der Waals surface area contributed by atoms with E-state index in [0.29, 0.717) is 23.9 Å². The Balaban J connectivity index is 2.15. The summed E-state index contributed by atoms with van der Waals surface area (Å²) in [4.78, 5) is 12.9. The molecule has 0 bridgehead atoms. The predicted octanol–water partition coefficient (Wildman–Crippen LogP) is 2.55. The molecule has 0 spiro atoms. The fourth-order valence-electron chi connectivity index (χ4n) is 2.51. The third-order valence-electron chi connectivity index (χ3n) is 4.62. The van der Waals surface area contributed by atoms with Crippen molar-refractivity contribution in [2.24, 2.45) is 10.8 Å². The molecule has 0 unspecified atom stereocenters. The maximum atomic E-state index is 5.14. The molecule has 1 aromatic heterocycles. The predicted molar refractivity (Wildman–Crippen MR) is 80.1 cm³/mol. The summed E-state index contributed by atoms with van der Waals surface area (Å²) < 4.78 is 5.14. The number of anilines is 2. The molecule has 0 amide bonds. The van der Waals surface area contributed by atoms with Crippen LogP contribution in [-0.4, -0.2) is 34.6 Å². The fourth-order valence-corrected chi connectivity index (χ4v) is 2.51. The Morgan fingerprint density at radius 2 is 1.65 bits per heavy atom. The molecule has 2 rings (SSSR count). The minimum Gasteiger partial charge on any atom is -0.467 e. The van der Waals surface area contributed by atoms with Gasteiger partial charge < -0.3 is 15.4 Å². The maximum Gasteiger partial charge on any atom is 0.322 e. The smallest absolute Gasteiger partial charge is 0.322 e. The van der Waals surface area contributed by atoms with E-state index in [1.54, 1.807) is 7.11 Å². The van der Waals surface area contributed by atoms with Crippen molar-refractivity contribution >= 4 is 11.9 Å². The molecule has 6 nitrogen and oxygen atoms in total. The molecule has 1 aliphatic carbocycles. The van der Waals surface area contributed by atoms with E-state index in [1.165, 1.54) is 0 Å². The highest BCUT2D eigenvalue weighted by Crippen LogP contribution is 2.63. The average molecular weight is 279 g/mol. The van der Waals surface area contributed by atoms with Gasteiger partial charge in [0.2, 0.25) is 11.9 Å². The first kappa shape index (κ1) is 14.8. The highest BCUT2D eigenvalue weighted by molar-refractivity contribution is 5.41. The van der Waals surface area contributed by atoms with Gasteiger partial charge in [0, 0.05) is 12.6 Å². The average Bonchev–Trinajstić information content (AvgIpc) is 2.78. The van der Waals surface area contributed by atoms with Crippen LogP contribution in [-0.2, 0) is 0 Å². The summed E-state index contributed by atoms with van der Waals surface area (Å²) in [5.74, 6) is 1.12. The summed E-state index contributed by atoms with van der Waals surface area (Å²) in [5.41, 5.74) is 0.452. The van der Waals surface area contributed by atoms with Crippen LogP contribution in [0.4, 0.5) is 11.9 Å². The number of rotatable bonds is 6. The number of methoxy groups -OCH3 is 1. The summed E-state index contributed by atoms with van der Waals surface area (Å²) in [6.07, 6.45) is 1.01. The lowest BCUT2D eigenvalue weighted by Crippen LogP contribution is -2.15. The first-order valence-corrected chi connectivity index (χ1v) is 7.13.